The molecular formula is C13H15F3N2O3. The number of hydrogen-bond acceptors (Lipinski definition) is 3. The molecule has 1 aromatic rings. The van der Waals surface area contributed by atoms with Gasteiger partial charge in [0.2, 0.25) is 5.91 Å². The highest BCUT2D eigenvalue weighted by molar-refractivity contribution is 5.92. The molecule has 1 aromatic carbocycles. The van der Waals surface area contributed by atoms with Crippen LogP contribution in [0.15, 0.2) is 18.2 Å². The number of amides is 1. The van der Waals surface area contributed by atoms with Crippen molar-refractivity contribution in [2.45, 2.75) is 32.9 Å². The molecule has 1 N–H and O–H groups in total. The van der Waals surface area contributed by atoms with E-state index >= 15 is 0 Å². The van der Waals surface area contributed by atoms with Gasteiger partial charge in [0.15, 0.2) is 0 Å². The van der Waals surface area contributed by atoms with Gasteiger partial charge in [-0.05, 0) is 25.0 Å². The number of nitro benzene ring substituents is 1. The second-order valence-corrected chi connectivity index (χ2v) is 4.49. The second kappa shape index (κ2) is 6.55. The van der Waals surface area contributed by atoms with Gasteiger partial charge in [-0.1, -0.05) is 13.8 Å². The van der Waals surface area contributed by atoms with E-state index in [2.05, 4.69) is 5.32 Å². The van der Waals surface area contributed by atoms with E-state index in [1.54, 1.807) is 13.8 Å². The first-order valence-electron chi connectivity index (χ1n) is 6.37. The van der Waals surface area contributed by atoms with E-state index < -0.39 is 28.3 Å². The first-order chi connectivity index (χ1) is 9.70. The van der Waals surface area contributed by atoms with Crippen LogP contribution in [0.2, 0.25) is 0 Å². The highest BCUT2D eigenvalue weighted by Gasteiger charge is 2.38. The van der Waals surface area contributed by atoms with Crippen LogP contribution in [0, 0.1) is 16.0 Å². The number of carbonyl (C=O) groups excluding carboxylic acids is 1. The standard InChI is InChI=1S/C13H15F3N2O3/c1-3-8(4-2)12(19)17-9-5-6-11(18(20)21)10(7-9)13(14,15)16/h5-8H,3-4H2,1-2H3,(H,17,19). The lowest BCUT2D eigenvalue weighted by Gasteiger charge is -2.14. The van der Waals surface area contributed by atoms with Crippen molar-refractivity contribution in [2.24, 2.45) is 5.92 Å². The summed E-state index contributed by atoms with van der Waals surface area (Å²) in [6.45, 7) is 3.59. The molecule has 0 aliphatic rings. The molecule has 0 saturated carbocycles. The SMILES string of the molecule is CCC(CC)C(=O)Nc1ccc([N+](=O)[O-])c(C(F)(F)F)c1. The number of benzene rings is 1. The molecule has 0 aliphatic heterocycles. The Morgan fingerprint density at radius 2 is 1.90 bits per heavy atom. The number of nitrogens with zero attached hydrogens (tertiary/aromatic N) is 1. The van der Waals surface area contributed by atoms with Crippen molar-refractivity contribution in [1.82, 2.24) is 0 Å². The Labute approximate surface area is 119 Å². The molecular weight excluding hydrogens is 289 g/mol. The largest absolute Gasteiger partial charge is 0.423 e. The van der Waals surface area contributed by atoms with E-state index in [1.165, 1.54) is 0 Å². The van der Waals surface area contributed by atoms with Crippen LogP contribution in [0.1, 0.15) is 32.3 Å². The fraction of sp³-hybridized carbons (Fsp3) is 0.462. The van der Waals surface area contributed by atoms with Crippen LogP contribution >= 0.6 is 0 Å². The molecule has 0 spiro atoms. The number of alkyl halides is 3. The van der Waals surface area contributed by atoms with Gasteiger partial charge < -0.3 is 5.32 Å². The smallest absolute Gasteiger partial charge is 0.326 e. The maximum Gasteiger partial charge on any atom is 0.423 e. The van der Waals surface area contributed by atoms with Gasteiger partial charge in [0, 0.05) is 17.7 Å². The molecule has 0 bridgehead atoms. The van der Waals surface area contributed by atoms with Crippen molar-refractivity contribution in [2.75, 3.05) is 5.32 Å². The molecule has 0 heterocycles. The molecule has 116 valence electrons. The molecule has 21 heavy (non-hydrogen) atoms. The van der Waals surface area contributed by atoms with Crippen molar-refractivity contribution in [3.05, 3.63) is 33.9 Å². The molecule has 0 radical (unpaired) electrons. The van der Waals surface area contributed by atoms with Crippen LogP contribution in [0.5, 0.6) is 0 Å². The Hall–Kier alpha value is -2.12. The van der Waals surface area contributed by atoms with Crippen LogP contribution in [0.3, 0.4) is 0 Å². The van der Waals surface area contributed by atoms with Gasteiger partial charge in [-0.2, -0.15) is 13.2 Å². The summed E-state index contributed by atoms with van der Waals surface area (Å²) in [6, 6.07) is 2.41. The van der Waals surface area contributed by atoms with Crippen molar-refractivity contribution in [3.63, 3.8) is 0 Å². The summed E-state index contributed by atoms with van der Waals surface area (Å²) in [7, 11) is 0. The zero-order valence-corrected chi connectivity index (χ0v) is 11.5. The minimum Gasteiger partial charge on any atom is -0.326 e. The van der Waals surface area contributed by atoms with Crippen LogP contribution in [0.4, 0.5) is 24.5 Å². The summed E-state index contributed by atoms with van der Waals surface area (Å²) >= 11 is 0. The Balaban J connectivity index is 3.12. The fourth-order valence-corrected chi connectivity index (χ4v) is 1.90. The molecule has 5 nitrogen and oxygen atoms in total. The summed E-state index contributed by atoms with van der Waals surface area (Å²) in [6.07, 6.45) is -3.75. The average molecular weight is 304 g/mol. The maximum atomic E-state index is 12.8. The highest BCUT2D eigenvalue weighted by atomic mass is 19.4. The van der Waals surface area contributed by atoms with Crippen molar-refractivity contribution in [1.29, 1.82) is 0 Å². The van der Waals surface area contributed by atoms with Crippen LogP contribution in [0.25, 0.3) is 0 Å². The summed E-state index contributed by atoms with van der Waals surface area (Å²) in [4.78, 5) is 21.3. The molecule has 0 saturated heterocycles. The van der Waals surface area contributed by atoms with Crippen LogP contribution in [-0.2, 0) is 11.0 Å². The molecule has 0 fully saturated rings. The van der Waals surface area contributed by atoms with E-state index in [0.29, 0.717) is 18.9 Å². The molecule has 8 heteroatoms. The zero-order valence-electron chi connectivity index (χ0n) is 11.5. The number of nitro groups is 1. The third-order valence-corrected chi connectivity index (χ3v) is 3.12. The van der Waals surface area contributed by atoms with E-state index in [1.807, 2.05) is 0 Å². The number of rotatable bonds is 5. The van der Waals surface area contributed by atoms with Gasteiger partial charge in [-0.3, -0.25) is 14.9 Å². The molecule has 0 aliphatic carbocycles. The number of halogens is 3. The van der Waals surface area contributed by atoms with Gasteiger partial charge in [0.05, 0.1) is 4.92 Å². The van der Waals surface area contributed by atoms with Crippen molar-refractivity contribution in [3.8, 4) is 0 Å². The third-order valence-electron chi connectivity index (χ3n) is 3.12. The Kier molecular flexibility index (Phi) is 5.28. The van der Waals surface area contributed by atoms with E-state index in [-0.39, 0.29) is 11.6 Å². The quantitative estimate of drug-likeness (QED) is 0.660. The second-order valence-electron chi connectivity index (χ2n) is 4.49. The Bertz CT molecular complexity index is 540. The predicted molar refractivity (Wildman–Crippen MR) is 70.8 cm³/mol. The fourth-order valence-electron chi connectivity index (χ4n) is 1.90. The van der Waals surface area contributed by atoms with E-state index in [9.17, 15) is 28.1 Å². The number of anilines is 1. The van der Waals surface area contributed by atoms with Gasteiger partial charge in [-0.25, -0.2) is 0 Å². The molecule has 0 aromatic heterocycles. The van der Waals surface area contributed by atoms with Gasteiger partial charge in [-0.15, -0.1) is 0 Å². The number of hydrogen-bond donors (Lipinski definition) is 1. The van der Waals surface area contributed by atoms with Gasteiger partial charge in [0.25, 0.3) is 5.69 Å². The van der Waals surface area contributed by atoms with E-state index in [0.717, 1.165) is 12.1 Å². The van der Waals surface area contributed by atoms with Crippen molar-refractivity contribution >= 4 is 17.3 Å². The van der Waals surface area contributed by atoms with Gasteiger partial charge in [0.1, 0.15) is 5.56 Å². The summed E-state index contributed by atoms with van der Waals surface area (Å²) in [5.74, 6) is -0.712. The molecule has 0 unspecified atom stereocenters. The number of nitrogens with one attached hydrogen (secondary N) is 1. The third kappa shape index (κ3) is 4.17. The lowest BCUT2D eigenvalue weighted by molar-refractivity contribution is -0.388. The normalized spacial score (nSPS) is 11.5. The highest BCUT2D eigenvalue weighted by Crippen LogP contribution is 2.37. The monoisotopic (exact) mass is 304 g/mol. The molecule has 1 rings (SSSR count). The number of carbonyl (C=O) groups is 1. The first kappa shape index (κ1) is 16.9. The maximum absolute atomic E-state index is 12.8. The lowest BCUT2D eigenvalue weighted by atomic mass is 10.0. The van der Waals surface area contributed by atoms with Gasteiger partial charge >= 0.3 is 6.18 Å². The Morgan fingerprint density at radius 3 is 2.33 bits per heavy atom. The minimum atomic E-state index is -4.86. The van der Waals surface area contributed by atoms with E-state index in [4.69, 9.17) is 0 Å². The van der Waals surface area contributed by atoms with Crippen LogP contribution < -0.4 is 5.32 Å². The Morgan fingerprint density at radius 1 is 1.33 bits per heavy atom. The van der Waals surface area contributed by atoms with Crippen LogP contribution in [-0.4, -0.2) is 10.8 Å². The predicted octanol–water partition coefficient (Wildman–Crippen LogP) is 3.99. The first-order valence-corrected chi connectivity index (χ1v) is 6.37. The average Bonchev–Trinajstić information content (AvgIpc) is 2.38. The minimum absolute atomic E-state index is 0.107. The zero-order chi connectivity index (χ0) is 16.2. The topological polar surface area (TPSA) is 72.2 Å². The summed E-state index contributed by atoms with van der Waals surface area (Å²) < 4.78 is 38.4. The summed E-state index contributed by atoms with van der Waals surface area (Å²) in [5, 5.41) is 13.0. The van der Waals surface area contributed by atoms with Crippen molar-refractivity contribution < 1.29 is 22.9 Å². The molecule has 1 amide bonds. The lowest BCUT2D eigenvalue weighted by Crippen LogP contribution is -2.22. The molecule has 0 atom stereocenters. The summed E-state index contributed by atoms with van der Waals surface area (Å²) in [5.41, 5.74) is -2.53.